The van der Waals surface area contributed by atoms with Crippen molar-refractivity contribution < 1.29 is 0 Å². The number of aliphatic imine (C=N–C) groups is 1. The Kier molecular flexibility index (Phi) is 6.25. The van der Waals surface area contributed by atoms with E-state index in [0.717, 1.165) is 35.9 Å². The maximum absolute atomic E-state index is 4.65. The van der Waals surface area contributed by atoms with Crippen LogP contribution in [0.15, 0.2) is 29.3 Å². The Bertz CT molecular complexity index is 615. The average Bonchev–Trinajstić information content (AvgIpc) is 2.86. The molecule has 2 N–H and O–H groups in total. The van der Waals surface area contributed by atoms with E-state index >= 15 is 0 Å². The maximum Gasteiger partial charge on any atom is 0.191 e. The van der Waals surface area contributed by atoms with E-state index < -0.39 is 0 Å². The summed E-state index contributed by atoms with van der Waals surface area (Å²) in [6, 6.07) is 8.18. The summed E-state index contributed by atoms with van der Waals surface area (Å²) in [5.41, 5.74) is 2.17. The van der Waals surface area contributed by atoms with Crippen molar-refractivity contribution in [1.82, 2.24) is 20.2 Å². The van der Waals surface area contributed by atoms with Crippen LogP contribution < -0.4 is 10.6 Å². The van der Waals surface area contributed by atoms with E-state index in [1.54, 1.807) is 0 Å². The highest BCUT2D eigenvalue weighted by Crippen LogP contribution is 2.14. The van der Waals surface area contributed by atoms with Gasteiger partial charge in [-0.15, -0.1) is 0 Å². The number of nitrogens with one attached hydrogen (secondary N) is 2. The Hall–Kier alpha value is -2.04. The van der Waals surface area contributed by atoms with E-state index in [9.17, 15) is 0 Å². The second-order valence-electron chi connectivity index (χ2n) is 5.40. The Morgan fingerprint density at radius 3 is 2.73 bits per heavy atom. The highest BCUT2D eigenvalue weighted by molar-refractivity contribution is 5.80. The lowest BCUT2D eigenvalue weighted by Gasteiger charge is -2.10. The van der Waals surface area contributed by atoms with Crippen molar-refractivity contribution in [3.05, 3.63) is 30.1 Å². The van der Waals surface area contributed by atoms with E-state index in [2.05, 4.69) is 45.1 Å². The van der Waals surface area contributed by atoms with Gasteiger partial charge in [-0.25, -0.2) is 9.98 Å². The molecule has 1 aromatic carbocycles. The third-order valence-corrected chi connectivity index (χ3v) is 3.68. The van der Waals surface area contributed by atoms with Crippen molar-refractivity contribution in [3.8, 4) is 0 Å². The van der Waals surface area contributed by atoms with Crippen LogP contribution in [0.1, 0.15) is 38.9 Å². The van der Waals surface area contributed by atoms with Crippen LogP contribution in [0.2, 0.25) is 0 Å². The van der Waals surface area contributed by atoms with E-state index in [-0.39, 0.29) is 0 Å². The monoisotopic (exact) mass is 301 g/mol. The molecule has 0 saturated heterocycles. The number of nitrogens with zero attached hydrogens (tertiary/aromatic N) is 3. The number of hydrogen-bond donors (Lipinski definition) is 2. The van der Waals surface area contributed by atoms with Gasteiger partial charge in [0.1, 0.15) is 12.4 Å². The zero-order valence-electron chi connectivity index (χ0n) is 13.9. The van der Waals surface area contributed by atoms with Gasteiger partial charge in [0.15, 0.2) is 5.96 Å². The van der Waals surface area contributed by atoms with Crippen molar-refractivity contribution in [1.29, 1.82) is 0 Å². The Morgan fingerprint density at radius 2 is 2.00 bits per heavy atom. The van der Waals surface area contributed by atoms with Crippen LogP contribution in [-0.4, -0.2) is 28.6 Å². The van der Waals surface area contributed by atoms with Crippen molar-refractivity contribution in [2.24, 2.45) is 12.0 Å². The van der Waals surface area contributed by atoms with Gasteiger partial charge in [0.05, 0.1) is 11.0 Å². The number of imidazole rings is 1. The first-order chi connectivity index (χ1) is 10.8. The average molecular weight is 301 g/mol. The molecule has 0 atom stereocenters. The van der Waals surface area contributed by atoms with E-state index in [0.29, 0.717) is 6.54 Å². The molecular weight excluding hydrogens is 274 g/mol. The molecule has 5 nitrogen and oxygen atoms in total. The molecule has 0 fully saturated rings. The molecule has 0 spiro atoms. The van der Waals surface area contributed by atoms with Gasteiger partial charge < -0.3 is 15.2 Å². The quantitative estimate of drug-likeness (QED) is 0.470. The number of guanidine groups is 1. The largest absolute Gasteiger partial charge is 0.357 e. The molecule has 22 heavy (non-hydrogen) atoms. The number of benzene rings is 1. The number of para-hydroxylation sites is 2. The molecule has 0 radical (unpaired) electrons. The standard InChI is InChI=1S/C17H27N5/c1-4-6-9-12-19-17(18-5-2)20-13-16-21-14-10-7-8-11-15(14)22(16)3/h7-8,10-11H,4-6,9,12-13H2,1-3H3,(H2,18,19,20). The van der Waals surface area contributed by atoms with Crippen molar-refractivity contribution in [3.63, 3.8) is 0 Å². The highest BCUT2D eigenvalue weighted by atomic mass is 15.2. The number of unbranched alkanes of at least 4 members (excludes halogenated alkanes) is 2. The predicted octanol–water partition coefficient (Wildman–Crippen LogP) is 2.82. The molecule has 0 unspecified atom stereocenters. The molecule has 0 amide bonds. The third-order valence-electron chi connectivity index (χ3n) is 3.68. The summed E-state index contributed by atoms with van der Waals surface area (Å²) in [6.45, 7) is 6.70. The van der Waals surface area contributed by atoms with Gasteiger partial charge >= 0.3 is 0 Å². The number of aromatic nitrogens is 2. The van der Waals surface area contributed by atoms with Crippen LogP contribution in [-0.2, 0) is 13.6 Å². The number of rotatable bonds is 7. The van der Waals surface area contributed by atoms with Gasteiger partial charge in [0, 0.05) is 20.1 Å². The minimum atomic E-state index is 0.578. The smallest absolute Gasteiger partial charge is 0.191 e. The zero-order valence-corrected chi connectivity index (χ0v) is 13.9. The normalized spacial score (nSPS) is 11.9. The van der Waals surface area contributed by atoms with Gasteiger partial charge in [-0.3, -0.25) is 0 Å². The van der Waals surface area contributed by atoms with Gasteiger partial charge in [-0.2, -0.15) is 0 Å². The first-order valence-corrected chi connectivity index (χ1v) is 8.18. The van der Waals surface area contributed by atoms with Crippen molar-refractivity contribution in [2.45, 2.75) is 39.7 Å². The Morgan fingerprint density at radius 1 is 1.18 bits per heavy atom. The first kappa shape index (κ1) is 16.3. The van der Waals surface area contributed by atoms with Gasteiger partial charge in [-0.1, -0.05) is 31.9 Å². The summed E-state index contributed by atoms with van der Waals surface area (Å²) < 4.78 is 2.11. The second-order valence-corrected chi connectivity index (χ2v) is 5.40. The summed E-state index contributed by atoms with van der Waals surface area (Å²) in [5, 5.41) is 6.67. The summed E-state index contributed by atoms with van der Waals surface area (Å²) in [6.07, 6.45) is 3.65. The fraction of sp³-hybridized carbons (Fsp3) is 0.529. The number of aryl methyl sites for hydroxylation is 1. The van der Waals surface area contributed by atoms with Gasteiger partial charge in [0.25, 0.3) is 0 Å². The minimum absolute atomic E-state index is 0.578. The molecule has 5 heteroatoms. The lowest BCUT2D eigenvalue weighted by atomic mass is 10.2. The Labute approximate surface area is 132 Å². The summed E-state index contributed by atoms with van der Waals surface area (Å²) >= 11 is 0. The summed E-state index contributed by atoms with van der Waals surface area (Å²) in [7, 11) is 2.04. The van der Waals surface area contributed by atoms with Crippen LogP contribution in [0.25, 0.3) is 11.0 Å². The molecule has 2 rings (SSSR count). The van der Waals surface area contributed by atoms with Crippen LogP contribution >= 0.6 is 0 Å². The molecule has 0 aliphatic heterocycles. The second kappa shape index (κ2) is 8.41. The summed E-state index contributed by atoms with van der Waals surface area (Å²) in [5.74, 6) is 1.85. The Balaban J connectivity index is 2.03. The fourth-order valence-corrected chi connectivity index (χ4v) is 2.41. The van der Waals surface area contributed by atoms with E-state index in [1.807, 2.05) is 25.2 Å². The lowest BCUT2D eigenvalue weighted by molar-refractivity contribution is 0.681. The molecule has 0 aliphatic rings. The highest BCUT2D eigenvalue weighted by Gasteiger charge is 2.06. The van der Waals surface area contributed by atoms with Crippen molar-refractivity contribution >= 4 is 17.0 Å². The number of hydrogen-bond acceptors (Lipinski definition) is 2. The van der Waals surface area contributed by atoms with Crippen LogP contribution in [0.5, 0.6) is 0 Å². The molecule has 0 aliphatic carbocycles. The SMILES string of the molecule is CCCCCNC(=NCc1nc2ccccc2n1C)NCC. The lowest BCUT2D eigenvalue weighted by Crippen LogP contribution is -2.37. The van der Waals surface area contributed by atoms with Crippen molar-refractivity contribution in [2.75, 3.05) is 13.1 Å². The zero-order chi connectivity index (χ0) is 15.8. The summed E-state index contributed by atoms with van der Waals surface area (Å²) in [4.78, 5) is 9.30. The molecule has 0 saturated carbocycles. The molecule has 1 heterocycles. The van der Waals surface area contributed by atoms with Crippen LogP contribution in [0, 0.1) is 0 Å². The molecule has 1 aromatic heterocycles. The fourth-order valence-electron chi connectivity index (χ4n) is 2.41. The molecule has 2 aromatic rings. The van der Waals surface area contributed by atoms with Gasteiger partial charge in [0.2, 0.25) is 0 Å². The van der Waals surface area contributed by atoms with E-state index in [4.69, 9.17) is 0 Å². The van der Waals surface area contributed by atoms with E-state index in [1.165, 1.54) is 19.3 Å². The topological polar surface area (TPSA) is 54.2 Å². The maximum atomic E-state index is 4.65. The first-order valence-electron chi connectivity index (χ1n) is 8.18. The molecule has 0 bridgehead atoms. The van der Waals surface area contributed by atoms with Crippen LogP contribution in [0.4, 0.5) is 0 Å². The van der Waals surface area contributed by atoms with Crippen LogP contribution in [0.3, 0.4) is 0 Å². The van der Waals surface area contributed by atoms with Gasteiger partial charge in [-0.05, 0) is 25.5 Å². The predicted molar refractivity (Wildman–Crippen MR) is 93.1 cm³/mol. The third kappa shape index (κ3) is 4.23. The minimum Gasteiger partial charge on any atom is -0.357 e. The molecular formula is C17H27N5. The number of fused-ring (bicyclic) bond motifs is 1. The molecule has 120 valence electrons.